The SMILES string of the molecule is COC1=CC(c2cc3ccccc3n2C(=O)Nc2ccc(NC(C)C)cc2)=N/C1=C\c1[nH]c(C)cc1C.COC1=CC(c2cc3ccccc3n2C(=O)Nc2ccc(OC(C)C)cc2)=N/C1=C\c1[nH]c(C)cc1C.COC1=CC(c2cc3ccccc3n2C(=O)c2ccc(NC(C)C)cc2)=N/C1=C\c1[nH]c(C)cc1C.COC1=CC(c2cc3ccccc3n2C(=O)c2ccc(OC(C)C)cc2)=N/C1=C\c1[nH]c(C)cc1C. The number of amides is 2. The van der Waals surface area contributed by atoms with Crippen molar-refractivity contribution in [2.45, 2.75) is 135 Å². The van der Waals surface area contributed by atoms with Crippen LogP contribution in [0.25, 0.3) is 67.9 Å². The Hall–Kier alpha value is -17.7. The third-order valence-electron chi connectivity index (χ3n) is 24.6. The van der Waals surface area contributed by atoms with Gasteiger partial charge in [0, 0.05) is 137 Å². The Bertz CT molecular complexity index is 7640. The number of nitrogens with one attached hydrogen (secondary N) is 8. The second-order valence-electron chi connectivity index (χ2n) is 37.5. The van der Waals surface area contributed by atoms with Crippen molar-refractivity contribution in [3.63, 3.8) is 0 Å². The van der Waals surface area contributed by atoms with E-state index >= 15 is 0 Å². The molecule has 16 aromatic rings. The number of carbonyl (C=O) groups is 4. The largest absolute Gasteiger partial charge is 0.494 e. The van der Waals surface area contributed by atoms with Crippen molar-refractivity contribution in [1.82, 2.24) is 38.2 Å². The fraction of sp³-hybridized carbons (Fsp3) is 0.200. The standard InChI is InChI=1S/C30H31N5O2.C30H30N4O3.C30H30N4O2.C30H29N3O3/c1-18(2)31-22-10-12-23(13-11-22)33-30(36)35-27-9-7-6-8-21(27)15-28(35)25-17-29(37-5)26(34-25)16-24-19(3)14-20(4)32-24;1-18(2)37-23-12-10-22(11-13-23)32-30(35)34-27-9-7-6-8-21(27)15-28(34)25-17-29(36-5)26(33-25)16-24-19(3)14-20(4)31-24;1-18(2)31-23-12-10-21(11-13-23)30(35)34-27-9-7-6-8-22(27)15-28(34)25-17-29(36-5)26(33-25)16-24-19(3)14-20(4)32-24;1-18(2)36-23-12-10-21(11-13-23)30(34)33-27-9-7-6-8-22(27)15-28(33)25-17-29(35-5)26(32-25)16-24-19(3)14-20(4)31-24/h6-18,31-32H,1-5H3,(H,33,36);6-18,31H,1-5H3,(H,32,35);6-18,31-32H,1-5H3;6-18,31H,1-5H3/b4*26-16-. The fourth-order valence-corrected chi connectivity index (χ4v) is 18.1. The Morgan fingerprint density at radius 3 is 0.801 bits per heavy atom. The number of aromatic nitrogens is 8. The number of aromatic amines is 4. The molecule has 20 rings (SSSR count). The molecule has 0 fully saturated rings. The van der Waals surface area contributed by atoms with Gasteiger partial charge in [0.15, 0.2) is 0 Å². The van der Waals surface area contributed by atoms with E-state index in [1.165, 1.54) is 0 Å². The summed E-state index contributed by atoms with van der Waals surface area (Å²) in [5, 5.41) is 16.6. The first-order valence-corrected chi connectivity index (χ1v) is 48.6. The quantitative estimate of drug-likeness (QED) is 0.0280. The number of fused-ring (bicyclic) bond motifs is 4. The molecule has 0 saturated heterocycles. The molecule has 4 aliphatic heterocycles. The highest BCUT2D eigenvalue weighted by Crippen LogP contribution is 2.38. The van der Waals surface area contributed by atoms with Crippen LogP contribution in [-0.2, 0) is 18.9 Å². The smallest absolute Gasteiger partial charge is 0.331 e. The lowest BCUT2D eigenvalue weighted by Crippen LogP contribution is -2.22. The molecule has 26 nitrogen and oxygen atoms in total. The molecule has 8 aromatic carbocycles. The van der Waals surface area contributed by atoms with Gasteiger partial charge in [-0.3, -0.25) is 27.9 Å². The van der Waals surface area contributed by atoms with Crippen LogP contribution in [0.15, 0.2) is 333 Å². The lowest BCUT2D eigenvalue weighted by Gasteiger charge is -2.13. The number of benzene rings is 8. The summed E-state index contributed by atoms with van der Waals surface area (Å²) in [4.78, 5) is 87.8. The van der Waals surface area contributed by atoms with Crippen LogP contribution >= 0.6 is 0 Å². The third-order valence-corrected chi connectivity index (χ3v) is 24.6. The lowest BCUT2D eigenvalue weighted by molar-refractivity contribution is 0.0956. The first-order valence-electron chi connectivity index (χ1n) is 48.6. The van der Waals surface area contributed by atoms with Crippen molar-refractivity contribution in [1.29, 1.82) is 0 Å². The van der Waals surface area contributed by atoms with Crippen LogP contribution < -0.4 is 30.7 Å². The first kappa shape index (κ1) is 99.9. The van der Waals surface area contributed by atoms with Gasteiger partial charge < -0.3 is 69.6 Å². The Balaban J connectivity index is 0.000000133. The topological polar surface area (TPSA) is 304 Å². The molecule has 4 aliphatic rings. The Kier molecular flexibility index (Phi) is 29.7. The molecule has 8 aromatic heterocycles. The average Bonchev–Trinajstić information content (AvgIpc) is 1.62. The van der Waals surface area contributed by atoms with E-state index in [0.717, 1.165) is 140 Å². The van der Waals surface area contributed by atoms with E-state index in [-0.39, 0.29) is 36.1 Å². The zero-order valence-corrected chi connectivity index (χ0v) is 85.7. The van der Waals surface area contributed by atoms with Crippen molar-refractivity contribution in [3.05, 3.63) is 414 Å². The average molecular weight is 1950 g/mol. The van der Waals surface area contributed by atoms with E-state index in [1.54, 1.807) is 58.8 Å². The van der Waals surface area contributed by atoms with Gasteiger partial charge in [-0.05, 0) is 327 Å². The molecule has 0 radical (unpaired) electrons. The molecule has 12 heterocycles. The summed E-state index contributed by atoms with van der Waals surface area (Å²) in [6.07, 6.45) is 15.6. The maximum Gasteiger partial charge on any atom is 0.331 e. The zero-order chi connectivity index (χ0) is 103. The van der Waals surface area contributed by atoms with Crippen LogP contribution in [0, 0.1) is 55.4 Å². The number of aryl methyl sites for hydroxylation is 8. The molecule has 146 heavy (non-hydrogen) atoms. The van der Waals surface area contributed by atoms with E-state index in [2.05, 4.69) is 121 Å². The highest BCUT2D eigenvalue weighted by Gasteiger charge is 2.31. The molecular weight excluding hydrogens is 1830 g/mol. The van der Waals surface area contributed by atoms with Gasteiger partial charge in [-0.2, -0.15) is 0 Å². The fourth-order valence-electron chi connectivity index (χ4n) is 18.1. The minimum Gasteiger partial charge on any atom is -0.494 e. The van der Waals surface area contributed by atoms with Crippen molar-refractivity contribution >= 4 is 137 Å². The van der Waals surface area contributed by atoms with Gasteiger partial charge in [0.25, 0.3) is 11.8 Å². The molecule has 26 heteroatoms. The maximum absolute atomic E-state index is 13.8. The minimum atomic E-state index is -0.280. The van der Waals surface area contributed by atoms with Crippen LogP contribution in [-0.4, -0.2) is 138 Å². The summed E-state index contributed by atoms with van der Waals surface area (Å²) >= 11 is 0. The molecule has 0 saturated carbocycles. The Morgan fingerprint density at radius 1 is 0.301 bits per heavy atom. The molecule has 2 amide bonds. The van der Waals surface area contributed by atoms with Crippen molar-refractivity contribution < 1.29 is 47.6 Å². The summed E-state index contributed by atoms with van der Waals surface area (Å²) < 4.78 is 40.9. The van der Waals surface area contributed by atoms with E-state index < -0.39 is 0 Å². The summed E-state index contributed by atoms with van der Waals surface area (Å²) in [6.45, 7) is 32.6. The Labute approximate surface area is 848 Å². The third kappa shape index (κ3) is 22.3. The molecule has 0 bridgehead atoms. The molecule has 0 spiro atoms. The number of aliphatic imine (C=N–C) groups is 4. The lowest BCUT2D eigenvalue weighted by atomic mass is 10.1. The summed E-state index contributed by atoms with van der Waals surface area (Å²) in [6, 6.07) is 77.7. The van der Waals surface area contributed by atoms with Gasteiger partial charge in [0.05, 0.1) is 108 Å². The van der Waals surface area contributed by atoms with E-state index in [1.807, 2.05) is 310 Å². The van der Waals surface area contributed by atoms with Gasteiger partial charge in [0.2, 0.25) is 0 Å². The predicted octanol–water partition coefficient (Wildman–Crippen LogP) is 26.6. The van der Waals surface area contributed by atoms with Gasteiger partial charge in [-0.25, -0.2) is 29.6 Å². The number of ether oxygens (including phenoxy) is 6. The molecule has 0 unspecified atom stereocenters. The number of nitrogens with zero attached hydrogens (tertiary/aromatic N) is 8. The van der Waals surface area contributed by atoms with Crippen molar-refractivity contribution in [2.24, 2.45) is 20.0 Å². The number of rotatable bonds is 24. The normalized spacial score (nSPS) is 14.4. The second-order valence-corrected chi connectivity index (χ2v) is 37.5. The highest BCUT2D eigenvalue weighted by atomic mass is 16.5. The first-order chi connectivity index (χ1) is 70.3. The van der Waals surface area contributed by atoms with Crippen LogP contribution in [0.3, 0.4) is 0 Å². The van der Waals surface area contributed by atoms with Gasteiger partial charge >= 0.3 is 12.1 Å². The number of anilines is 4. The summed E-state index contributed by atoms with van der Waals surface area (Å²) in [7, 11) is 6.52. The van der Waals surface area contributed by atoms with E-state index in [0.29, 0.717) is 120 Å². The highest BCUT2D eigenvalue weighted by molar-refractivity contribution is 6.21. The number of methoxy groups -OCH3 is 4. The van der Waals surface area contributed by atoms with Crippen molar-refractivity contribution in [3.8, 4) is 11.5 Å². The molecular formula is C120H120N16O10. The van der Waals surface area contributed by atoms with Crippen LogP contribution in [0.1, 0.15) is 167 Å². The molecule has 740 valence electrons. The number of para-hydroxylation sites is 4. The van der Waals surface area contributed by atoms with Crippen LogP contribution in [0.5, 0.6) is 11.5 Å². The number of allylic oxidation sites excluding steroid dienone is 4. The number of carbonyl (C=O) groups excluding carboxylic acids is 4. The molecule has 0 aliphatic carbocycles. The number of hydrogen-bond donors (Lipinski definition) is 8. The van der Waals surface area contributed by atoms with Gasteiger partial charge in [-0.1, -0.05) is 72.8 Å². The van der Waals surface area contributed by atoms with Crippen LogP contribution in [0.2, 0.25) is 0 Å². The summed E-state index contributed by atoms with van der Waals surface area (Å²) in [5.74, 6) is 3.84. The zero-order valence-electron chi connectivity index (χ0n) is 85.7. The Morgan fingerprint density at radius 2 is 0.541 bits per heavy atom. The molecule has 0 atom stereocenters. The predicted molar refractivity (Wildman–Crippen MR) is 590 cm³/mol. The van der Waals surface area contributed by atoms with E-state index in [9.17, 15) is 19.2 Å². The minimum absolute atomic E-state index is 0.0645. The number of hydrogen-bond acceptors (Lipinski definition) is 16. The van der Waals surface area contributed by atoms with E-state index in [4.69, 9.17) is 48.4 Å². The number of H-pyrrole nitrogens is 4. The van der Waals surface area contributed by atoms with Crippen molar-refractivity contribution in [2.75, 3.05) is 49.7 Å². The molecule has 8 N–H and O–H groups in total. The summed E-state index contributed by atoms with van der Waals surface area (Å²) in [5.41, 5.74) is 28.9. The van der Waals surface area contributed by atoms with Gasteiger partial charge in [0.1, 0.15) is 57.3 Å². The van der Waals surface area contributed by atoms with Crippen LogP contribution in [0.4, 0.5) is 32.3 Å². The second kappa shape index (κ2) is 43.4. The maximum atomic E-state index is 13.8. The van der Waals surface area contributed by atoms with Gasteiger partial charge in [-0.15, -0.1) is 0 Å². The monoisotopic (exact) mass is 1940 g/mol.